The highest BCUT2D eigenvalue weighted by atomic mass is 35.5. The average molecular weight is 368 g/mol. The topological polar surface area (TPSA) is 63.1 Å². The number of rotatable bonds is 3. The number of para-hydroxylation sites is 1. The molecule has 0 radical (unpaired) electrons. The summed E-state index contributed by atoms with van der Waals surface area (Å²) in [7, 11) is 1.80. The van der Waals surface area contributed by atoms with E-state index in [2.05, 4.69) is 15.4 Å². The van der Waals surface area contributed by atoms with Crippen molar-refractivity contribution in [3.8, 4) is 5.69 Å². The van der Waals surface area contributed by atoms with Gasteiger partial charge in [0, 0.05) is 13.1 Å². The molecule has 0 aliphatic carbocycles. The Morgan fingerprint density at radius 2 is 1.92 bits per heavy atom. The van der Waals surface area contributed by atoms with Gasteiger partial charge in [0.25, 0.3) is 5.91 Å². The van der Waals surface area contributed by atoms with Gasteiger partial charge in [-0.25, -0.2) is 9.67 Å². The van der Waals surface area contributed by atoms with E-state index in [4.69, 9.17) is 23.2 Å². The Bertz CT molecular complexity index is 735. The van der Waals surface area contributed by atoms with Crippen molar-refractivity contribution in [1.29, 1.82) is 0 Å². The molecule has 1 aromatic carbocycles. The number of hydrogen-bond acceptors (Lipinski definition) is 4. The van der Waals surface area contributed by atoms with Gasteiger partial charge in [0.05, 0.1) is 10.0 Å². The molecule has 1 fully saturated rings. The molecule has 0 saturated carbocycles. The van der Waals surface area contributed by atoms with Crippen LogP contribution >= 0.6 is 23.2 Å². The van der Waals surface area contributed by atoms with Crippen molar-refractivity contribution >= 4 is 29.1 Å². The lowest BCUT2D eigenvalue weighted by Gasteiger charge is -2.30. The molecule has 1 aliphatic rings. The van der Waals surface area contributed by atoms with Crippen molar-refractivity contribution in [3.05, 3.63) is 39.9 Å². The molecule has 24 heavy (non-hydrogen) atoms. The Hall–Kier alpha value is -1.63. The van der Waals surface area contributed by atoms with Crippen LogP contribution in [0.5, 0.6) is 0 Å². The summed E-state index contributed by atoms with van der Waals surface area (Å²) < 4.78 is 1.52. The van der Waals surface area contributed by atoms with Crippen LogP contribution in [0, 0.1) is 6.92 Å². The fourth-order valence-corrected chi connectivity index (χ4v) is 3.46. The Balaban J connectivity index is 1.90. The summed E-state index contributed by atoms with van der Waals surface area (Å²) in [5.74, 6) is 0.531. The third-order valence-corrected chi connectivity index (χ3v) is 4.90. The molecule has 2 aromatic rings. The van der Waals surface area contributed by atoms with E-state index in [0.717, 1.165) is 25.9 Å². The summed E-state index contributed by atoms with van der Waals surface area (Å²) in [5, 5.41) is 8.56. The Morgan fingerprint density at radius 3 is 2.54 bits per heavy atom. The summed E-state index contributed by atoms with van der Waals surface area (Å²) >= 11 is 12.5. The van der Waals surface area contributed by atoms with Gasteiger partial charge in [-0.3, -0.25) is 4.79 Å². The van der Waals surface area contributed by atoms with Crippen molar-refractivity contribution in [3.63, 3.8) is 0 Å². The molecular formula is C16H19Cl2N5O. The van der Waals surface area contributed by atoms with Gasteiger partial charge in [0.15, 0.2) is 0 Å². The zero-order valence-corrected chi connectivity index (χ0v) is 15.1. The van der Waals surface area contributed by atoms with Crippen LogP contribution in [0.15, 0.2) is 18.2 Å². The van der Waals surface area contributed by atoms with Crippen LogP contribution in [0.25, 0.3) is 5.69 Å². The SMILES string of the molecule is Cc1nc(C(=O)N(C)C2CCNCC2)nn1-c1c(Cl)cccc1Cl. The van der Waals surface area contributed by atoms with Crippen molar-refractivity contribution < 1.29 is 4.79 Å². The van der Waals surface area contributed by atoms with Crippen LogP contribution in [0.1, 0.15) is 29.3 Å². The van der Waals surface area contributed by atoms with Crippen LogP contribution in [-0.2, 0) is 0 Å². The molecule has 3 rings (SSSR count). The number of hydrogen-bond donors (Lipinski definition) is 1. The van der Waals surface area contributed by atoms with E-state index in [1.807, 2.05) is 0 Å². The number of amides is 1. The molecular weight excluding hydrogens is 349 g/mol. The molecule has 0 atom stereocenters. The molecule has 1 aliphatic heterocycles. The predicted octanol–water partition coefficient (Wildman–Crippen LogP) is 2.71. The van der Waals surface area contributed by atoms with Crippen molar-refractivity contribution in [1.82, 2.24) is 25.0 Å². The van der Waals surface area contributed by atoms with Gasteiger partial charge in [-0.15, -0.1) is 5.10 Å². The lowest BCUT2D eigenvalue weighted by Crippen LogP contribution is -2.44. The summed E-state index contributed by atoms with van der Waals surface area (Å²) in [5.41, 5.74) is 0.536. The summed E-state index contributed by atoms with van der Waals surface area (Å²) in [6.45, 7) is 3.60. The van der Waals surface area contributed by atoms with Crippen molar-refractivity contribution in [2.75, 3.05) is 20.1 Å². The number of piperidine rings is 1. The highest BCUT2D eigenvalue weighted by Gasteiger charge is 2.26. The minimum atomic E-state index is -0.188. The van der Waals surface area contributed by atoms with Gasteiger partial charge in [-0.05, 0) is 45.0 Å². The molecule has 1 N–H and O–H groups in total. The second kappa shape index (κ2) is 7.09. The first-order valence-electron chi connectivity index (χ1n) is 7.85. The summed E-state index contributed by atoms with van der Waals surface area (Å²) in [6.07, 6.45) is 1.86. The maximum atomic E-state index is 12.7. The number of benzene rings is 1. The highest BCUT2D eigenvalue weighted by Crippen LogP contribution is 2.28. The highest BCUT2D eigenvalue weighted by molar-refractivity contribution is 6.37. The third kappa shape index (κ3) is 3.27. The Kier molecular flexibility index (Phi) is 5.08. The van der Waals surface area contributed by atoms with E-state index in [0.29, 0.717) is 21.6 Å². The van der Waals surface area contributed by atoms with Crippen LogP contribution in [0.2, 0.25) is 10.0 Å². The number of carbonyl (C=O) groups excluding carboxylic acids is 1. The van der Waals surface area contributed by atoms with Crippen molar-refractivity contribution in [2.45, 2.75) is 25.8 Å². The lowest BCUT2D eigenvalue weighted by atomic mass is 10.1. The first kappa shape index (κ1) is 17.2. The molecule has 0 unspecified atom stereocenters. The number of nitrogens with one attached hydrogen (secondary N) is 1. The van der Waals surface area contributed by atoms with Gasteiger partial charge >= 0.3 is 0 Å². The molecule has 1 amide bonds. The molecule has 1 aromatic heterocycles. The van der Waals surface area contributed by atoms with E-state index in [1.165, 1.54) is 4.68 Å². The van der Waals surface area contributed by atoms with Crippen LogP contribution in [0.4, 0.5) is 0 Å². The summed E-state index contributed by atoms with van der Waals surface area (Å²) in [6, 6.07) is 5.42. The second-order valence-corrected chi connectivity index (χ2v) is 6.68. The molecule has 1 saturated heterocycles. The van der Waals surface area contributed by atoms with Gasteiger partial charge < -0.3 is 10.2 Å². The van der Waals surface area contributed by atoms with E-state index in [-0.39, 0.29) is 17.8 Å². The normalized spacial score (nSPS) is 15.5. The number of nitrogens with zero attached hydrogens (tertiary/aromatic N) is 4. The minimum Gasteiger partial charge on any atom is -0.336 e. The van der Waals surface area contributed by atoms with Gasteiger partial charge in [-0.1, -0.05) is 29.3 Å². The monoisotopic (exact) mass is 367 g/mol. The zero-order valence-electron chi connectivity index (χ0n) is 13.6. The van der Waals surface area contributed by atoms with Crippen molar-refractivity contribution in [2.24, 2.45) is 0 Å². The minimum absolute atomic E-state index is 0.157. The van der Waals surface area contributed by atoms with Gasteiger partial charge in [0.2, 0.25) is 5.82 Å². The number of halogens is 2. The molecule has 6 nitrogen and oxygen atoms in total. The number of aromatic nitrogens is 3. The smallest absolute Gasteiger partial charge is 0.293 e. The molecule has 2 heterocycles. The molecule has 128 valence electrons. The van der Waals surface area contributed by atoms with E-state index >= 15 is 0 Å². The molecule has 0 bridgehead atoms. The zero-order chi connectivity index (χ0) is 17.3. The van der Waals surface area contributed by atoms with Crippen LogP contribution < -0.4 is 5.32 Å². The molecule has 0 spiro atoms. The molecule has 8 heteroatoms. The third-order valence-electron chi connectivity index (χ3n) is 4.29. The predicted molar refractivity (Wildman–Crippen MR) is 94.1 cm³/mol. The largest absolute Gasteiger partial charge is 0.336 e. The van der Waals surface area contributed by atoms with E-state index < -0.39 is 0 Å². The van der Waals surface area contributed by atoms with Crippen LogP contribution in [0.3, 0.4) is 0 Å². The maximum absolute atomic E-state index is 12.7. The number of carbonyl (C=O) groups is 1. The standard InChI is InChI=1S/C16H19Cl2N5O/c1-10-20-15(16(24)22(2)11-6-8-19-9-7-11)21-23(10)14-12(17)4-3-5-13(14)18/h3-5,11,19H,6-9H2,1-2H3. The quantitative estimate of drug-likeness (QED) is 0.905. The van der Waals surface area contributed by atoms with E-state index in [1.54, 1.807) is 37.1 Å². The van der Waals surface area contributed by atoms with Crippen LogP contribution in [-0.4, -0.2) is 51.8 Å². The first-order chi connectivity index (χ1) is 11.5. The maximum Gasteiger partial charge on any atom is 0.293 e. The van der Waals surface area contributed by atoms with E-state index in [9.17, 15) is 4.79 Å². The fourth-order valence-electron chi connectivity index (χ4n) is 2.90. The Labute approximate surface area is 150 Å². The summed E-state index contributed by atoms with van der Waals surface area (Å²) in [4.78, 5) is 18.8. The van der Waals surface area contributed by atoms with Gasteiger partial charge in [0.1, 0.15) is 11.5 Å². The van der Waals surface area contributed by atoms with Gasteiger partial charge in [-0.2, -0.15) is 0 Å². The fraction of sp³-hybridized carbons (Fsp3) is 0.438. The Morgan fingerprint density at radius 1 is 1.29 bits per heavy atom. The average Bonchev–Trinajstić information content (AvgIpc) is 2.96. The second-order valence-electron chi connectivity index (χ2n) is 5.86. The lowest BCUT2D eigenvalue weighted by molar-refractivity contribution is 0.0691. The first-order valence-corrected chi connectivity index (χ1v) is 8.60. The number of aryl methyl sites for hydroxylation is 1.